The second-order valence-corrected chi connectivity index (χ2v) is 7.92. The van der Waals surface area contributed by atoms with Crippen molar-refractivity contribution in [2.75, 3.05) is 18.0 Å². The Hall–Kier alpha value is -0.290. The van der Waals surface area contributed by atoms with Gasteiger partial charge in [0.25, 0.3) is 0 Å². The van der Waals surface area contributed by atoms with Crippen LogP contribution in [0.3, 0.4) is 0 Å². The molecule has 20 heavy (non-hydrogen) atoms. The Morgan fingerprint density at radius 3 is 2.40 bits per heavy atom. The van der Waals surface area contributed by atoms with E-state index >= 15 is 0 Å². The highest BCUT2D eigenvalue weighted by atomic mass is 127. The molecule has 1 aromatic rings. The second kappa shape index (κ2) is 7.12. The summed E-state index contributed by atoms with van der Waals surface area (Å²) >= 11 is 2.38. The molecule has 0 spiro atoms. The lowest BCUT2D eigenvalue weighted by Gasteiger charge is -2.44. The third-order valence-corrected chi connectivity index (χ3v) is 4.84. The van der Waals surface area contributed by atoms with E-state index in [1.54, 1.807) is 0 Å². The number of nitrogens with one attached hydrogen (secondary N) is 1. The van der Waals surface area contributed by atoms with Gasteiger partial charge in [-0.15, -0.1) is 0 Å². The highest BCUT2D eigenvalue weighted by Gasteiger charge is 2.30. The van der Waals surface area contributed by atoms with Crippen molar-refractivity contribution in [2.45, 2.75) is 46.2 Å². The van der Waals surface area contributed by atoms with Crippen LogP contribution >= 0.6 is 22.6 Å². The summed E-state index contributed by atoms with van der Waals surface area (Å²) < 4.78 is 1.31. The summed E-state index contributed by atoms with van der Waals surface area (Å²) in [6.45, 7) is 11.5. The van der Waals surface area contributed by atoms with Gasteiger partial charge in [0.15, 0.2) is 0 Å². The first kappa shape index (κ1) is 16.1. The average molecular weight is 386 g/mol. The van der Waals surface area contributed by atoms with Crippen molar-refractivity contribution in [3.05, 3.63) is 27.8 Å². The molecule has 2 unspecified atom stereocenters. The summed E-state index contributed by atoms with van der Waals surface area (Å²) in [5, 5.41) is 3.75. The summed E-state index contributed by atoms with van der Waals surface area (Å²) in [6.07, 6.45) is 1.26. The van der Waals surface area contributed by atoms with Gasteiger partial charge in [-0.3, -0.25) is 0 Å². The SMILES string of the molecule is CC(C)CC1CN(c2ccc(I)cc2)C(C(C)C)CN1. The Bertz CT molecular complexity index is 414. The van der Waals surface area contributed by atoms with E-state index in [-0.39, 0.29) is 0 Å². The third kappa shape index (κ3) is 4.10. The van der Waals surface area contributed by atoms with Crippen LogP contribution in [0.5, 0.6) is 0 Å². The van der Waals surface area contributed by atoms with Crippen LogP contribution in [-0.4, -0.2) is 25.2 Å². The maximum absolute atomic E-state index is 3.75. The highest BCUT2D eigenvalue weighted by Crippen LogP contribution is 2.26. The zero-order chi connectivity index (χ0) is 14.7. The summed E-state index contributed by atoms with van der Waals surface area (Å²) in [7, 11) is 0. The van der Waals surface area contributed by atoms with Gasteiger partial charge in [-0.25, -0.2) is 0 Å². The minimum Gasteiger partial charge on any atom is -0.365 e. The smallest absolute Gasteiger partial charge is 0.0438 e. The standard InChI is InChI=1S/C17H27IN2/c1-12(2)9-15-11-20(17(10-19-15)13(3)4)16-7-5-14(18)6-8-16/h5-8,12-13,15,17,19H,9-11H2,1-4H3. The molecular weight excluding hydrogens is 359 g/mol. The van der Waals surface area contributed by atoms with Gasteiger partial charge in [0, 0.05) is 34.4 Å². The molecule has 3 heteroatoms. The lowest BCUT2D eigenvalue weighted by Crippen LogP contribution is -2.58. The van der Waals surface area contributed by atoms with Gasteiger partial charge in [-0.2, -0.15) is 0 Å². The molecule has 0 radical (unpaired) electrons. The van der Waals surface area contributed by atoms with Crippen molar-refractivity contribution in [2.24, 2.45) is 11.8 Å². The Balaban J connectivity index is 2.16. The molecule has 1 aliphatic rings. The Morgan fingerprint density at radius 2 is 1.85 bits per heavy atom. The Kier molecular flexibility index (Phi) is 5.73. The number of hydrogen-bond acceptors (Lipinski definition) is 2. The zero-order valence-corrected chi connectivity index (χ0v) is 15.2. The fourth-order valence-corrected chi connectivity index (χ4v) is 3.45. The largest absolute Gasteiger partial charge is 0.365 e. The molecule has 1 N–H and O–H groups in total. The summed E-state index contributed by atoms with van der Waals surface area (Å²) in [6, 6.07) is 10.2. The van der Waals surface area contributed by atoms with Crippen LogP contribution in [0.25, 0.3) is 0 Å². The van der Waals surface area contributed by atoms with Crippen LogP contribution in [0.1, 0.15) is 34.1 Å². The molecule has 0 aliphatic carbocycles. The second-order valence-electron chi connectivity index (χ2n) is 6.67. The molecule has 1 heterocycles. The van der Waals surface area contributed by atoms with Crippen LogP contribution < -0.4 is 10.2 Å². The van der Waals surface area contributed by atoms with Gasteiger partial charge < -0.3 is 10.2 Å². The van der Waals surface area contributed by atoms with Gasteiger partial charge in [-0.1, -0.05) is 27.7 Å². The monoisotopic (exact) mass is 386 g/mol. The van der Waals surface area contributed by atoms with Crippen LogP contribution in [0.4, 0.5) is 5.69 Å². The van der Waals surface area contributed by atoms with Crippen molar-refractivity contribution >= 4 is 28.3 Å². The van der Waals surface area contributed by atoms with Gasteiger partial charge in [0.1, 0.15) is 0 Å². The molecular formula is C17H27IN2. The predicted molar refractivity (Wildman–Crippen MR) is 96.4 cm³/mol. The number of anilines is 1. The van der Waals surface area contributed by atoms with Crippen LogP contribution in [0.15, 0.2) is 24.3 Å². The molecule has 2 rings (SSSR count). The van der Waals surface area contributed by atoms with Gasteiger partial charge in [-0.05, 0) is 65.1 Å². The highest BCUT2D eigenvalue weighted by molar-refractivity contribution is 14.1. The average Bonchev–Trinajstić information content (AvgIpc) is 2.38. The lowest BCUT2D eigenvalue weighted by molar-refractivity contribution is 0.310. The molecule has 1 aliphatic heterocycles. The number of nitrogens with zero attached hydrogens (tertiary/aromatic N) is 1. The fourth-order valence-electron chi connectivity index (χ4n) is 3.09. The van der Waals surface area contributed by atoms with E-state index in [2.05, 4.69) is 84.8 Å². The minimum absolute atomic E-state index is 0.596. The van der Waals surface area contributed by atoms with Gasteiger partial charge >= 0.3 is 0 Å². The van der Waals surface area contributed by atoms with E-state index in [0.717, 1.165) is 19.0 Å². The third-order valence-electron chi connectivity index (χ3n) is 4.12. The summed E-state index contributed by atoms with van der Waals surface area (Å²) in [4.78, 5) is 2.62. The molecule has 2 nitrogen and oxygen atoms in total. The number of piperazine rings is 1. The fraction of sp³-hybridized carbons (Fsp3) is 0.647. The van der Waals surface area contributed by atoms with Crippen molar-refractivity contribution in [1.82, 2.24) is 5.32 Å². The first-order valence-electron chi connectivity index (χ1n) is 7.73. The first-order chi connectivity index (χ1) is 9.47. The molecule has 112 valence electrons. The Labute approximate surface area is 137 Å². The number of benzene rings is 1. The zero-order valence-electron chi connectivity index (χ0n) is 13.1. The summed E-state index contributed by atoms with van der Waals surface area (Å²) in [5.74, 6) is 1.42. The normalized spacial score (nSPS) is 23.6. The van der Waals surface area contributed by atoms with Crippen molar-refractivity contribution in [3.63, 3.8) is 0 Å². The van der Waals surface area contributed by atoms with E-state index < -0.39 is 0 Å². The van der Waals surface area contributed by atoms with Crippen molar-refractivity contribution < 1.29 is 0 Å². The topological polar surface area (TPSA) is 15.3 Å². The van der Waals surface area contributed by atoms with E-state index in [9.17, 15) is 0 Å². The molecule has 0 saturated carbocycles. The van der Waals surface area contributed by atoms with E-state index in [0.29, 0.717) is 18.0 Å². The molecule has 1 fully saturated rings. The first-order valence-corrected chi connectivity index (χ1v) is 8.81. The molecule has 1 aromatic carbocycles. The van der Waals surface area contributed by atoms with Crippen molar-refractivity contribution in [1.29, 1.82) is 0 Å². The van der Waals surface area contributed by atoms with Crippen LogP contribution in [0, 0.1) is 15.4 Å². The number of halogens is 1. The molecule has 2 atom stereocenters. The molecule has 0 bridgehead atoms. The lowest BCUT2D eigenvalue weighted by atomic mass is 9.94. The minimum atomic E-state index is 0.596. The maximum Gasteiger partial charge on any atom is 0.0438 e. The van der Waals surface area contributed by atoms with E-state index in [1.807, 2.05) is 0 Å². The summed E-state index contributed by atoms with van der Waals surface area (Å²) in [5.41, 5.74) is 1.37. The van der Waals surface area contributed by atoms with Crippen molar-refractivity contribution in [3.8, 4) is 0 Å². The quantitative estimate of drug-likeness (QED) is 0.783. The van der Waals surface area contributed by atoms with Crippen LogP contribution in [0.2, 0.25) is 0 Å². The molecule has 0 amide bonds. The number of hydrogen-bond donors (Lipinski definition) is 1. The van der Waals surface area contributed by atoms with Gasteiger partial charge in [0.2, 0.25) is 0 Å². The molecule has 1 saturated heterocycles. The predicted octanol–water partition coefficient (Wildman–Crippen LogP) is 4.14. The van der Waals surface area contributed by atoms with E-state index in [4.69, 9.17) is 0 Å². The van der Waals surface area contributed by atoms with E-state index in [1.165, 1.54) is 15.7 Å². The van der Waals surface area contributed by atoms with Gasteiger partial charge in [0.05, 0.1) is 0 Å². The number of rotatable bonds is 4. The maximum atomic E-state index is 3.75. The Morgan fingerprint density at radius 1 is 1.20 bits per heavy atom. The molecule has 0 aromatic heterocycles. The van der Waals surface area contributed by atoms with Crippen LogP contribution in [-0.2, 0) is 0 Å².